The molecule has 0 aliphatic heterocycles. The van der Waals surface area contributed by atoms with E-state index in [1.807, 2.05) is 13.8 Å². The van der Waals surface area contributed by atoms with Gasteiger partial charge in [-0.25, -0.2) is 9.78 Å². The van der Waals surface area contributed by atoms with E-state index in [1.165, 1.54) is 18.2 Å². The first kappa shape index (κ1) is 20.9. The zero-order valence-electron chi connectivity index (χ0n) is 16.2. The van der Waals surface area contributed by atoms with Crippen LogP contribution < -0.4 is 0 Å². The fraction of sp³-hybridized carbons (Fsp3) is 0.474. The Morgan fingerprint density at radius 1 is 1.24 bits per heavy atom. The number of Topliss-reactive ketones (excluding diaryl/α,β-unsaturated/α-hetero) is 1. The third-order valence-corrected chi connectivity index (χ3v) is 5.52. The predicted octanol–water partition coefficient (Wildman–Crippen LogP) is 3.83. The number of aromatic amines is 1. The fourth-order valence-corrected chi connectivity index (χ4v) is 4.17. The number of carbonyl (C=O) groups is 2. The van der Waals surface area contributed by atoms with Crippen molar-refractivity contribution < 1.29 is 19.2 Å². The van der Waals surface area contributed by atoms with Gasteiger partial charge in [-0.3, -0.25) is 20.0 Å². The van der Waals surface area contributed by atoms with Crippen LogP contribution in [0.5, 0.6) is 0 Å². The van der Waals surface area contributed by atoms with Crippen molar-refractivity contribution in [1.29, 1.82) is 0 Å². The average molecular weight is 421 g/mol. The Kier molecular flexibility index (Phi) is 5.97. The maximum atomic E-state index is 12.4. The third kappa shape index (κ3) is 4.45. The number of halogens is 1. The second kappa shape index (κ2) is 8.28. The van der Waals surface area contributed by atoms with E-state index in [0.717, 1.165) is 12.8 Å². The number of benzene rings is 1. The van der Waals surface area contributed by atoms with E-state index in [1.54, 1.807) is 0 Å². The highest BCUT2D eigenvalue weighted by Gasteiger charge is 2.36. The van der Waals surface area contributed by atoms with Gasteiger partial charge in [0.25, 0.3) is 5.69 Å². The van der Waals surface area contributed by atoms with E-state index in [0.29, 0.717) is 5.92 Å². The molecule has 9 nitrogen and oxygen atoms in total. The summed E-state index contributed by atoms with van der Waals surface area (Å²) in [5.74, 6) is -1.32. The molecular formula is C19H21ClN4O5. The summed E-state index contributed by atoms with van der Waals surface area (Å²) in [6.07, 6.45) is 1.53. The Labute approximate surface area is 172 Å². The molecule has 2 unspecified atom stereocenters. The van der Waals surface area contributed by atoms with Crippen LogP contribution in [0.15, 0.2) is 18.2 Å². The number of ether oxygens (including phenoxy) is 1. The largest absolute Gasteiger partial charge is 0.456 e. The third-order valence-electron chi connectivity index (χ3n) is 5.20. The number of nitrogens with one attached hydrogen (secondary N) is 1. The standard InChI is InChI=1S/C19H21ClN4O5/c1-9-6-10(2)16(11(3)7-9)29-19(26)15(25)18-21-17(22-23-18)12-4-5-13(20)14(8-12)24(27)28/h4-5,8-11,16H,6-7H2,1-3H3,(H,21,22,23). The molecule has 0 spiro atoms. The minimum absolute atomic E-state index is 0.0285. The van der Waals surface area contributed by atoms with Gasteiger partial charge < -0.3 is 4.74 Å². The number of nitro benzene ring substituents is 1. The first-order valence-electron chi connectivity index (χ1n) is 9.29. The number of rotatable bonds is 5. The summed E-state index contributed by atoms with van der Waals surface area (Å²) >= 11 is 5.80. The second-order valence-electron chi connectivity index (χ2n) is 7.66. The molecule has 0 radical (unpaired) electrons. The minimum Gasteiger partial charge on any atom is -0.456 e. The Bertz CT molecular complexity index is 948. The molecule has 2 aromatic rings. The highest BCUT2D eigenvalue weighted by Crippen LogP contribution is 2.35. The van der Waals surface area contributed by atoms with E-state index >= 15 is 0 Å². The molecular weight excluding hydrogens is 400 g/mol. The summed E-state index contributed by atoms with van der Waals surface area (Å²) in [5.41, 5.74) is -0.0240. The molecule has 0 bridgehead atoms. The van der Waals surface area contributed by atoms with Crippen molar-refractivity contribution in [3.63, 3.8) is 0 Å². The first-order chi connectivity index (χ1) is 13.7. The molecule has 0 amide bonds. The smallest absolute Gasteiger partial charge is 0.383 e. The zero-order chi connectivity index (χ0) is 21.3. The Morgan fingerprint density at radius 3 is 2.52 bits per heavy atom. The number of aromatic nitrogens is 3. The lowest BCUT2D eigenvalue weighted by Crippen LogP contribution is -2.39. The average Bonchev–Trinajstić information content (AvgIpc) is 3.14. The molecule has 1 heterocycles. The number of hydrogen-bond acceptors (Lipinski definition) is 7. The van der Waals surface area contributed by atoms with Crippen molar-refractivity contribution >= 4 is 29.0 Å². The summed E-state index contributed by atoms with van der Waals surface area (Å²) in [6.45, 7) is 6.18. The van der Waals surface area contributed by atoms with E-state index < -0.39 is 16.7 Å². The second-order valence-corrected chi connectivity index (χ2v) is 8.07. The summed E-state index contributed by atoms with van der Waals surface area (Å²) in [5, 5.41) is 17.3. The van der Waals surface area contributed by atoms with Crippen LogP contribution in [0.1, 0.15) is 44.2 Å². The molecule has 1 N–H and O–H groups in total. The lowest BCUT2D eigenvalue weighted by Gasteiger charge is -2.36. The van der Waals surface area contributed by atoms with Crippen LogP contribution >= 0.6 is 11.6 Å². The number of H-pyrrole nitrogens is 1. The number of nitrogens with zero attached hydrogens (tertiary/aromatic N) is 3. The van der Waals surface area contributed by atoms with E-state index in [4.69, 9.17) is 16.3 Å². The number of ketones is 1. The number of esters is 1. The van der Waals surface area contributed by atoms with Crippen LogP contribution in [0.3, 0.4) is 0 Å². The Hall–Kier alpha value is -2.81. The molecule has 1 aromatic carbocycles. The molecule has 10 heteroatoms. The van der Waals surface area contributed by atoms with Crippen LogP contribution in [-0.2, 0) is 9.53 Å². The molecule has 1 aliphatic rings. The molecule has 154 valence electrons. The van der Waals surface area contributed by atoms with Crippen molar-refractivity contribution in [1.82, 2.24) is 15.2 Å². The van der Waals surface area contributed by atoms with Crippen molar-refractivity contribution in [2.75, 3.05) is 0 Å². The molecule has 29 heavy (non-hydrogen) atoms. The van der Waals surface area contributed by atoms with Crippen LogP contribution in [0.4, 0.5) is 5.69 Å². The quantitative estimate of drug-likeness (QED) is 0.256. The van der Waals surface area contributed by atoms with Crippen LogP contribution in [0, 0.1) is 27.9 Å². The van der Waals surface area contributed by atoms with Gasteiger partial charge in [0.15, 0.2) is 5.82 Å². The lowest BCUT2D eigenvalue weighted by molar-refractivity contribution is -0.384. The Morgan fingerprint density at radius 2 is 1.90 bits per heavy atom. The van der Waals surface area contributed by atoms with Gasteiger partial charge in [-0.1, -0.05) is 32.4 Å². The van der Waals surface area contributed by atoms with Crippen LogP contribution in [0.2, 0.25) is 5.02 Å². The maximum absolute atomic E-state index is 12.4. The zero-order valence-corrected chi connectivity index (χ0v) is 17.0. The molecule has 0 saturated heterocycles. The van der Waals surface area contributed by atoms with Crippen molar-refractivity contribution in [2.24, 2.45) is 17.8 Å². The summed E-state index contributed by atoms with van der Waals surface area (Å²) in [7, 11) is 0. The highest BCUT2D eigenvalue weighted by atomic mass is 35.5. The fourth-order valence-electron chi connectivity index (χ4n) is 3.98. The predicted molar refractivity (Wildman–Crippen MR) is 104 cm³/mol. The van der Waals surface area contributed by atoms with Crippen LogP contribution in [0.25, 0.3) is 11.4 Å². The minimum atomic E-state index is -0.993. The van der Waals surface area contributed by atoms with Gasteiger partial charge in [-0.2, -0.15) is 5.10 Å². The topological polar surface area (TPSA) is 128 Å². The highest BCUT2D eigenvalue weighted by molar-refractivity contribution is 6.39. The lowest BCUT2D eigenvalue weighted by atomic mass is 9.75. The molecule has 2 atom stereocenters. The van der Waals surface area contributed by atoms with Gasteiger partial charge in [0.1, 0.15) is 11.1 Å². The summed E-state index contributed by atoms with van der Waals surface area (Å²) in [6, 6.07) is 4.02. The van der Waals surface area contributed by atoms with Crippen molar-refractivity contribution in [2.45, 2.75) is 39.7 Å². The molecule has 1 saturated carbocycles. The van der Waals surface area contributed by atoms with E-state index in [2.05, 4.69) is 22.1 Å². The number of carbonyl (C=O) groups excluding carboxylic acids is 2. The molecule has 1 fully saturated rings. The maximum Gasteiger partial charge on any atom is 0.383 e. The van der Waals surface area contributed by atoms with Crippen molar-refractivity contribution in [3.8, 4) is 11.4 Å². The molecule has 1 aromatic heterocycles. The normalized spacial score (nSPS) is 24.1. The van der Waals surface area contributed by atoms with Crippen LogP contribution in [-0.4, -0.2) is 38.0 Å². The monoisotopic (exact) mass is 420 g/mol. The van der Waals surface area contributed by atoms with E-state index in [9.17, 15) is 19.7 Å². The van der Waals surface area contributed by atoms with E-state index in [-0.39, 0.29) is 45.9 Å². The number of hydrogen-bond donors (Lipinski definition) is 1. The molecule has 1 aliphatic carbocycles. The van der Waals surface area contributed by atoms with Gasteiger partial charge in [-0.15, -0.1) is 0 Å². The molecule has 3 rings (SSSR count). The van der Waals surface area contributed by atoms with Crippen molar-refractivity contribution in [3.05, 3.63) is 39.2 Å². The first-order valence-corrected chi connectivity index (χ1v) is 9.67. The van der Waals surface area contributed by atoms with Gasteiger partial charge in [0.05, 0.1) is 4.92 Å². The summed E-state index contributed by atoms with van der Waals surface area (Å²) < 4.78 is 5.48. The summed E-state index contributed by atoms with van der Waals surface area (Å²) in [4.78, 5) is 39.2. The van der Waals surface area contributed by atoms with Gasteiger partial charge >= 0.3 is 11.8 Å². The van der Waals surface area contributed by atoms with Gasteiger partial charge in [0.2, 0.25) is 5.82 Å². The Balaban J connectivity index is 1.75. The SMILES string of the molecule is CC1CC(C)C(OC(=O)C(=O)c2nc(-c3ccc(Cl)c([N+](=O)[O-])c3)n[nH]2)C(C)C1. The van der Waals surface area contributed by atoms with Gasteiger partial charge in [0, 0.05) is 11.6 Å². The number of nitro groups is 1. The van der Waals surface area contributed by atoms with Gasteiger partial charge in [-0.05, 0) is 42.7 Å².